The van der Waals surface area contributed by atoms with E-state index < -0.39 is 0 Å². The van der Waals surface area contributed by atoms with Crippen molar-refractivity contribution >= 4 is 29.3 Å². The fourth-order valence-electron chi connectivity index (χ4n) is 3.01. The number of para-hydroxylation sites is 1. The highest BCUT2D eigenvalue weighted by Crippen LogP contribution is 2.35. The molecule has 0 spiro atoms. The van der Waals surface area contributed by atoms with E-state index in [0.717, 1.165) is 16.1 Å². The Kier molecular flexibility index (Phi) is 5.43. The number of hydrogen-bond acceptors (Lipinski definition) is 3. The molecule has 0 fully saturated rings. The maximum Gasteiger partial charge on any atom is 0.253 e. The summed E-state index contributed by atoms with van der Waals surface area (Å²) in [4.78, 5) is 29.7. The van der Waals surface area contributed by atoms with Gasteiger partial charge in [-0.05, 0) is 43.7 Å². The van der Waals surface area contributed by atoms with Crippen molar-refractivity contribution in [3.05, 3.63) is 59.7 Å². The Morgan fingerprint density at radius 2 is 1.88 bits per heavy atom. The van der Waals surface area contributed by atoms with Gasteiger partial charge in [0.1, 0.15) is 0 Å². The Hall–Kier alpha value is -2.27. The van der Waals surface area contributed by atoms with Crippen LogP contribution in [0.5, 0.6) is 0 Å². The van der Waals surface area contributed by atoms with Gasteiger partial charge in [0.25, 0.3) is 5.91 Å². The van der Waals surface area contributed by atoms with Crippen molar-refractivity contribution in [3.8, 4) is 0 Å². The number of carbonyl (C=O) groups excluding carboxylic acids is 2. The molecule has 0 saturated heterocycles. The SMILES string of the molecule is CCN(CC)C(=O)c1cccc(CN2C(=O)CSc3ccccc32)c1. The van der Waals surface area contributed by atoms with Gasteiger partial charge in [-0.15, -0.1) is 11.8 Å². The first kappa shape index (κ1) is 17.5. The fourth-order valence-corrected chi connectivity index (χ4v) is 3.94. The summed E-state index contributed by atoms with van der Waals surface area (Å²) < 4.78 is 0. The van der Waals surface area contributed by atoms with Crippen LogP contribution in [0.3, 0.4) is 0 Å². The first-order chi connectivity index (χ1) is 12.1. The van der Waals surface area contributed by atoms with Crippen LogP contribution >= 0.6 is 11.8 Å². The molecule has 2 amide bonds. The van der Waals surface area contributed by atoms with Crippen LogP contribution in [0, 0.1) is 0 Å². The van der Waals surface area contributed by atoms with Crippen LogP contribution in [0.1, 0.15) is 29.8 Å². The van der Waals surface area contributed by atoms with Crippen molar-refractivity contribution in [2.75, 3.05) is 23.7 Å². The number of carbonyl (C=O) groups is 2. The molecule has 0 N–H and O–H groups in total. The zero-order valence-electron chi connectivity index (χ0n) is 14.6. The Morgan fingerprint density at radius 3 is 2.64 bits per heavy atom. The molecule has 0 aliphatic carbocycles. The number of fused-ring (bicyclic) bond motifs is 1. The van der Waals surface area contributed by atoms with Gasteiger partial charge in [0.2, 0.25) is 5.91 Å². The standard InChI is InChI=1S/C20H22N2O2S/c1-3-21(4-2)20(24)16-9-7-8-15(12-16)13-22-17-10-5-6-11-18(17)25-14-19(22)23/h5-12H,3-4,13-14H2,1-2H3. The lowest BCUT2D eigenvalue weighted by atomic mass is 10.1. The molecular formula is C20H22N2O2S. The van der Waals surface area contributed by atoms with E-state index in [1.165, 1.54) is 0 Å². The van der Waals surface area contributed by atoms with Gasteiger partial charge in [-0.3, -0.25) is 9.59 Å². The van der Waals surface area contributed by atoms with E-state index in [4.69, 9.17) is 0 Å². The highest BCUT2D eigenvalue weighted by atomic mass is 32.2. The van der Waals surface area contributed by atoms with Crippen LogP contribution in [0.4, 0.5) is 5.69 Å². The average molecular weight is 354 g/mol. The Morgan fingerprint density at radius 1 is 1.12 bits per heavy atom. The molecule has 130 valence electrons. The molecule has 1 heterocycles. The monoisotopic (exact) mass is 354 g/mol. The molecule has 0 aromatic heterocycles. The number of anilines is 1. The number of amides is 2. The van der Waals surface area contributed by atoms with Gasteiger partial charge in [0, 0.05) is 23.5 Å². The second kappa shape index (κ2) is 7.74. The molecule has 0 saturated carbocycles. The molecule has 3 rings (SSSR count). The van der Waals surface area contributed by atoms with Crippen LogP contribution in [0.25, 0.3) is 0 Å². The number of rotatable bonds is 5. The third-order valence-corrected chi connectivity index (χ3v) is 5.42. The molecule has 2 aromatic carbocycles. The lowest BCUT2D eigenvalue weighted by molar-refractivity contribution is -0.116. The highest BCUT2D eigenvalue weighted by molar-refractivity contribution is 8.00. The van der Waals surface area contributed by atoms with Gasteiger partial charge in [-0.1, -0.05) is 24.3 Å². The predicted molar refractivity (Wildman–Crippen MR) is 102 cm³/mol. The zero-order chi connectivity index (χ0) is 17.8. The first-order valence-corrected chi connectivity index (χ1v) is 9.53. The van der Waals surface area contributed by atoms with E-state index in [9.17, 15) is 9.59 Å². The largest absolute Gasteiger partial charge is 0.339 e. The lowest BCUT2D eigenvalue weighted by Crippen LogP contribution is -2.35. The molecule has 5 heteroatoms. The maximum atomic E-state index is 12.6. The minimum absolute atomic E-state index is 0.0350. The molecule has 1 aliphatic heterocycles. The van der Waals surface area contributed by atoms with Crippen LogP contribution < -0.4 is 4.90 Å². The highest BCUT2D eigenvalue weighted by Gasteiger charge is 2.24. The van der Waals surface area contributed by atoms with E-state index in [1.807, 2.05) is 67.3 Å². The van der Waals surface area contributed by atoms with E-state index in [0.29, 0.717) is 31.0 Å². The Balaban J connectivity index is 1.85. The molecule has 0 radical (unpaired) electrons. The zero-order valence-corrected chi connectivity index (χ0v) is 15.4. The van der Waals surface area contributed by atoms with Crippen molar-refractivity contribution in [3.63, 3.8) is 0 Å². The predicted octanol–water partition coefficient (Wildman–Crippen LogP) is 3.81. The summed E-state index contributed by atoms with van der Waals surface area (Å²) in [6.07, 6.45) is 0. The molecule has 2 aromatic rings. The summed E-state index contributed by atoms with van der Waals surface area (Å²) in [7, 11) is 0. The van der Waals surface area contributed by atoms with Gasteiger partial charge >= 0.3 is 0 Å². The molecule has 0 bridgehead atoms. The number of thioether (sulfide) groups is 1. The third-order valence-electron chi connectivity index (χ3n) is 4.37. The Labute approximate surface area is 152 Å². The molecule has 4 nitrogen and oxygen atoms in total. The number of benzene rings is 2. The van der Waals surface area contributed by atoms with Gasteiger partial charge in [0.05, 0.1) is 18.0 Å². The first-order valence-electron chi connectivity index (χ1n) is 8.54. The molecule has 0 unspecified atom stereocenters. The second-order valence-electron chi connectivity index (χ2n) is 5.91. The van der Waals surface area contributed by atoms with Gasteiger partial charge in [-0.25, -0.2) is 0 Å². The van der Waals surface area contributed by atoms with E-state index in [1.54, 1.807) is 16.7 Å². The van der Waals surface area contributed by atoms with E-state index in [2.05, 4.69) is 0 Å². The van der Waals surface area contributed by atoms with Gasteiger partial charge < -0.3 is 9.80 Å². The van der Waals surface area contributed by atoms with E-state index in [-0.39, 0.29) is 11.8 Å². The van der Waals surface area contributed by atoms with Crippen molar-refractivity contribution in [2.45, 2.75) is 25.3 Å². The smallest absolute Gasteiger partial charge is 0.253 e. The van der Waals surface area contributed by atoms with E-state index >= 15 is 0 Å². The second-order valence-corrected chi connectivity index (χ2v) is 6.93. The molecule has 1 aliphatic rings. The minimum Gasteiger partial charge on any atom is -0.339 e. The summed E-state index contributed by atoms with van der Waals surface area (Å²) in [5.41, 5.74) is 2.59. The summed E-state index contributed by atoms with van der Waals surface area (Å²) >= 11 is 1.58. The molecule has 25 heavy (non-hydrogen) atoms. The fraction of sp³-hybridized carbons (Fsp3) is 0.300. The van der Waals surface area contributed by atoms with Crippen molar-refractivity contribution in [1.29, 1.82) is 0 Å². The van der Waals surface area contributed by atoms with Crippen LogP contribution in [-0.2, 0) is 11.3 Å². The van der Waals surface area contributed by atoms with Crippen molar-refractivity contribution < 1.29 is 9.59 Å². The quantitative estimate of drug-likeness (QED) is 0.820. The summed E-state index contributed by atoms with van der Waals surface area (Å²) in [6.45, 7) is 5.82. The number of nitrogens with zero attached hydrogens (tertiary/aromatic N) is 2. The van der Waals surface area contributed by atoms with Crippen LogP contribution in [-0.4, -0.2) is 35.6 Å². The average Bonchev–Trinajstić information content (AvgIpc) is 2.65. The minimum atomic E-state index is 0.0350. The van der Waals surface area contributed by atoms with Gasteiger partial charge in [-0.2, -0.15) is 0 Å². The normalized spacial score (nSPS) is 13.5. The topological polar surface area (TPSA) is 40.6 Å². The third kappa shape index (κ3) is 3.71. The van der Waals surface area contributed by atoms with Crippen LogP contribution in [0.2, 0.25) is 0 Å². The lowest BCUT2D eigenvalue weighted by Gasteiger charge is -2.29. The summed E-state index contributed by atoms with van der Waals surface area (Å²) in [5.74, 6) is 0.590. The van der Waals surface area contributed by atoms with Crippen LogP contribution in [0.15, 0.2) is 53.4 Å². The molecular weight excluding hydrogens is 332 g/mol. The summed E-state index contributed by atoms with van der Waals surface area (Å²) in [6, 6.07) is 15.6. The number of hydrogen-bond donors (Lipinski definition) is 0. The maximum absolute atomic E-state index is 12.6. The van der Waals surface area contributed by atoms with Gasteiger partial charge in [0.15, 0.2) is 0 Å². The summed E-state index contributed by atoms with van der Waals surface area (Å²) in [5, 5.41) is 0. The van der Waals surface area contributed by atoms with Crippen molar-refractivity contribution in [1.82, 2.24) is 4.90 Å². The molecule has 0 atom stereocenters. The van der Waals surface area contributed by atoms with Crippen molar-refractivity contribution in [2.24, 2.45) is 0 Å². The Bertz CT molecular complexity index is 787.